The number of benzene rings is 2. The van der Waals surface area contributed by atoms with Crippen LogP contribution in [0, 0.1) is 5.92 Å². The van der Waals surface area contributed by atoms with Crippen LogP contribution in [0.1, 0.15) is 16.8 Å². The van der Waals surface area contributed by atoms with Crippen molar-refractivity contribution in [1.29, 1.82) is 0 Å². The van der Waals surface area contributed by atoms with Gasteiger partial charge in [0.2, 0.25) is 0 Å². The summed E-state index contributed by atoms with van der Waals surface area (Å²) in [5.41, 5.74) is 4.20. The van der Waals surface area contributed by atoms with Crippen LogP contribution in [0.5, 0.6) is 0 Å². The Hall–Kier alpha value is -1.58. The maximum absolute atomic E-state index is 3.50. The Morgan fingerprint density at radius 3 is 2.36 bits per heavy atom. The van der Waals surface area contributed by atoms with Crippen molar-refractivity contribution in [2.75, 3.05) is 17.3 Å². The summed E-state index contributed by atoms with van der Waals surface area (Å²) in [6, 6.07) is 26.3. The van der Waals surface area contributed by atoms with Crippen molar-refractivity contribution in [2.45, 2.75) is 11.2 Å². The number of thioether (sulfide) groups is 2. The van der Waals surface area contributed by atoms with Gasteiger partial charge in [-0.15, -0.1) is 11.8 Å². The van der Waals surface area contributed by atoms with Gasteiger partial charge in [-0.05, 0) is 47.1 Å². The van der Waals surface area contributed by atoms with E-state index in [1.807, 2.05) is 0 Å². The maximum Gasteiger partial charge on any atom is 0.0896 e. The fourth-order valence-corrected chi connectivity index (χ4v) is 6.92. The standard InChI is InChI=1S/C22H23NS2/c1-3-8-18(9-4-1)14-19-15-24-17-22(25-16-19,21-12-7-13-23-21)20-10-5-2-6-11-20/h1-13,19,23H,14-17H2/t19-,22-/m1/s1. The highest BCUT2D eigenvalue weighted by atomic mass is 32.2. The number of nitrogens with one attached hydrogen (secondary N) is 1. The van der Waals surface area contributed by atoms with Gasteiger partial charge in [0.25, 0.3) is 0 Å². The van der Waals surface area contributed by atoms with Crippen LogP contribution in [0.3, 0.4) is 0 Å². The third-order valence-corrected chi connectivity index (χ3v) is 8.12. The van der Waals surface area contributed by atoms with E-state index in [4.69, 9.17) is 0 Å². The number of hydrogen-bond acceptors (Lipinski definition) is 2. The molecular weight excluding hydrogens is 342 g/mol. The van der Waals surface area contributed by atoms with E-state index in [-0.39, 0.29) is 4.75 Å². The summed E-state index contributed by atoms with van der Waals surface area (Å²) in [6.07, 6.45) is 3.23. The van der Waals surface area contributed by atoms with Crippen LogP contribution in [0.4, 0.5) is 0 Å². The van der Waals surface area contributed by atoms with Crippen molar-refractivity contribution in [1.82, 2.24) is 4.98 Å². The number of rotatable bonds is 4. The Bertz CT molecular complexity index is 770. The molecular formula is C22H23NS2. The zero-order chi connectivity index (χ0) is 17.0. The molecule has 2 aromatic carbocycles. The van der Waals surface area contributed by atoms with Gasteiger partial charge < -0.3 is 4.98 Å². The first kappa shape index (κ1) is 16.9. The van der Waals surface area contributed by atoms with Crippen LogP contribution >= 0.6 is 23.5 Å². The van der Waals surface area contributed by atoms with Gasteiger partial charge in [-0.3, -0.25) is 0 Å². The van der Waals surface area contributed by atoms with Crippen molar-refractivity contribution in [3.8, 4) is 0 Å². The minimum atomic E-state index is 0.0286. The molecule has 1 fully saturated rings. The Labute approximate surface area is 158 Å². The molecule has 1 aromatic heterocycles. The molecule has 3 heteroatoms. The molecule has 0 amide bonds. The predicted molar refractivity (Wildman–Crippen MR) is 111 cm³/mol. The summed E-state index contributed by atoms with van der Waals surface area (Å²) >= 11 is 4.22. The summed E-state index contributed by atoms with van der Waals surface area (Å²) in [7, 11) is 0. The van der Waals surface area contributed by atoms with Crippen molar-refractivity contribution >= 4 is 23.5 Å². The van der Waals surface area contributed by atoms with Crippen molar-refractivity contribution in [3.63, 3.8) is 0 Å². The van der Waals surface area contributed by atoms with E-state index < -0.39 is 0 Å². The molecule has 1 aliphatic rings. The minimum Gasteiger partial charge on any atom is -0.364 e. The molecule has 2 heterocycles. The molecule has 4 rings (SSSR count). The van der Waals surface area contributed by atoms with Crippen LogP contribution in [0.15, 0.2) is 79.0 Å². The molecule has 0 radical (unpaired) electrons. The van der Waals surface area contributed by atoms with E-state index in [1.165, 1.54) is 34.7 Å². The average Bonchev–Trinajstić information content (AvgIpc) is 3.13. The molecule has 1 aliphatic heterocycles. The normalized spacial score (nSPS) is 23.9. The van der Waals surface area contributed by atoms with Gasteiger partial charge in [0.15, 0.2) is 0 Å². The van der Waals surface area contributed by atoms with Gasteiger partial charge in [-0.2, -0.15) is 11.8 Å². The number of aromatic amines is 1. The predicted octanol–water partition coefficient (Wildman–Crippen LogP) is 5.60. The van der Waals surface area contributed by atoms with Crippen LogP contribution in [-0.4, -0.2) is 22.2 Å². The highest BCUT2D eigenvalue weighted by Crippen LogP contribution is 2.48. The Morgan fingerprint density at radius 1 is 0.880 bits per heavy atom. The molecule has 128 valence electrons. The van der Waals surface area contributed by atoms with Crippen LogP contribution in [0.25, 0.3) is 0 Å². The fraction of sp³-hybridized carbons (Fsp3) is 0.273. The van der Waals surface area contributed by atoms with Crippen LogP contribution in [0.2, 0.25) is 0 Å². The molecule has 25 heavy (non-hydrogen) atoms. The van der Waals surface area contributed by atoms with Crippen molar-refractivity contribution in [2.24, 2.45) is 5.92 Å². The minimum absolute atomic E-state index is 0.0286. The van der Waals surface area contributed by atoms with Gasteiger partial charge in [0.1, 0.15) is 0 Å². The summed E-state index contributed by atoms with van der Waals surface area (Å²) in [5, 5.41) is 0. The van der Waals surface area contributed by atoms with Gasteiger partial charge >= 0.3 is 0 Å². The lowest BCUT2D eigenvalue weighted by Crippen LogP contribution is -2.27. The molecule has 0 aliphatic carbocycles. The summed E-state index contributed by atoms with van der Waals surface area (Å²) < 4.78 is 0.0286. The van der Waals surface area contributed by atoms with E-state index in [2.05, 4.69) is 108 Å². The highest BCUT2D eigenvalue weighted by molar-refractivity contribution is 8.04. The van der Waals surface area contributed by atoms with E-state index in [9.17, 15) is 0 Å². The van der Waals surface area contributed by atoms with E-state index in [1.54, 1.807) is 0 Å². The average molecular weight is 366 g/mol. The SMILES string of the molecule is c1ccc(C[C@@H]2CSC[C@@](c3ccccc3)(c3ccc[nH]3)SC2)cc1. The molecule has 2 atom stereocenters. The maximum atomic E-state index is 3.50. The second-order valence-corrected chi connectivity index (χ2v) is 9.01. The summed E-state index contributed by atoms with van der Waals surface area (Å²) in [6.45, 7) is 0. The zero-order valence-corrected chi connectivity index (χ0v) is 15.9. The largest absolute Gasteiger partial charge is 0.364 e. The smallest absolute Gasteiger partial charge is 0.0896 e. The first-order chi connectivity index (χ1) is 12.4. The lowest BCUT2D eigenvalue weighted by Gasteiger charge is -2.32. The quantitative estimate of drug-likeness (QED) is 0.648. The topological polar surface area (TPSA) is 15.8 Å². The molecule has 0 saturated carbocycles. The summed E-state index contributed by atoms with van der Waals surface area (Å²) in [5.74, 6) is 4.26. The number of H-pyrrole nitrogens is 1. The molecule has 3 aromatic rings. The molecule has 1 N–H and O–H groups in total. The second kappa shape index (κ2) is 7.76. The molecule has 1 saturated heterocycles. The van der Waals surface area contributed by atoms with Gasteiger partial charge in [0, 0.05) is 17.6 Å². The first-order valence-corrected chi connectivity index (χ1v) is 11.0. The van der Waals surface area contributed by atoms with Crippen molar-refractivity contribution in [3.05, 3.63) is 95.8 Å². The van der Waals surface area contributed by atoms with Gasteiger partial charge in [0.05, 0.1) is 4.75 Å². The lowest BCUT2D eigenvalue weighted by atomic mass is 9.96. The van der Waals surface area contributed by atoms with E-state index in [0.717, 1.165) is 11.7 Å². The van der Waals surface area contributed by atoms with Crippen molar-refractivity contribution < 1.29 is 0 Å². The molecule has 1 nitrogen and oxygen atoms in total. The Kier molecular flexibility index (Phi) is 5.23. The zero-order valence-electron chi connectivity index (χ0n) is 14.2. The molecule has 0 spiro atoms. The van der Waals surface area contributed by atoms with Crippen LogP contribution < -0.4 is 0 Å². The third kappa shape index (κ3) is 3.68. The highest BCUT2D eigenvalue weighted by Gasteiger charge is 2.38. The van der Waals surface area contributed by atoms with E-state index in [0.29, 0.717) is 0 Å². The third-order valence-electron chi connectivity index (χ3n) is 4.86. The van der Waals surface area contributed by atoms with E-state index >= 15 is 0 Å². The summed E-state index contributed by atoms with van der Waals surface area (Å²) in [4.78, 5) is 3.50. The Morgan fingerprint density at radius 2 is 1.64 bits per heavy atom. The number of hydrogen-bond donors (Lipinski definition) is 1. The molecule has 0 unspecified atom stereocenters. The van der Waals surface area contributed by atoms with Gasteiger partial charge in [-0.1, -0.05) is 60.7 Å². The first-order valence-electron chi connectivity index (χ1n) is 8.82. The molecule has 0 bridgehead atoms. The monoisotopic (exact) mass is 365 g/mol. The number of aromatic nitrogens is 1. The fourth-order valence-electron chi connectivity index (χ4n) is 3.55. The Balaban J connectivity index is 1.59. The lowest BCUT2D eigenvalue weighted by molar-refractivity contribution is 0.671. The van der Waals surface area contributed by atoms with Gasteiger partial charge in [-0.25, -0.2) is 0 Å². The van der Waals surface area contributed by atoms with Crippen LogP contribution in [-0.2, 0) is 11.2 Å². The second-order valence-electron chi connectivity index (χ2n) is 6.66.